The molecule has 1 saturated carbocycles. The average molecular weight is 236 g/mol. The quantitative estimate of drug-likeness (QED) is 0.610. The minimum absolute atomic E-state index is 0.0184. The summed E-state index contributed by atoms with van der Waals surface area (Å²) in [4.78, 5) is 0. The molecule has 92 valence electrons. The van der Waals surface area contributed by atoms with Gasteiger partial charge in [-0.1, -0.05) is 6.07 Å². The number of hydrogen-bond donors (Lipinski definition) is 2. The van der Waals surface area contributed by atoms with Gasteiger partial charge in [0.1, 0.15) is 11.6 Å². The first-order valence-electron chi connectivity index (χ1n) is 5.73. The summed E-state index contributed by atoms with van der Waals surface area (Å²) in [5.41, 5.74) is 6.35. The van der Waals surface area contributed by atoms with E-state index in [1.165, 1.54) is 12.1 Å². The molecule has 2 rings (SSSR count). The van der Waals surface area contributed by atoms with E-state index in [0.717, 1.165) is 18.4 Å². The van der Waals surface area contributed by atoms with Crippen molar-refractivity contribution in [3.8, 4) is 5.75 Å². The zero-order valence-electron chi connectivity index (χ0n) is 9.92. The third-order valence-electron chi connectivity index (χ3n) is 3.21. The number of benzene rings is 1. The van der Waals surface area contributed by atoms with Crippen molar-refractivity contribution in [2.75, 3.05) is 6.61 Å². The lowest BCUT2D eigenvalue weighted by atomic mass is 10.0. The van der Waals surface area contributed by atoms with Gasteiger partial charge in [0.05, 0.1) is 12.4 Å². The van der Waals surface area contributed by atoms with Crippen LogP contribution in [0.2, 0.25) is 0 Å². The number of ether oxygens (including phenoxy) is 1. The van der Waals surface area contributed by atoms with Crippen molar-refractivity contribution in [1.29, 1.82) is 5.41 Å². The maximum absolute atomic E-state index is 13.1. The van der Waals surface area contributed by atoms with Gasteiger partial charge in [0.2, 0.25) is 0 Å². The number of nitrogens with two attached hydrogens (primary N) is 1. The molecule has 0 spiro atoms. The Bertz CT molecular complexity index is 441. The zero-order valence-corrected chi connectivity index (χ0v) is 9.92. The summed E-state index contributed by atoms with van der Waals surface area (Å²) < 4.78 is 18.7. The molecule has 0 bridgehead atoms. The summed E-state index contributed by atoms with van der Waals surface area (Å²) in [5.74, 6) is 0.490. The molecular weight excluding hydrogens is 219 g/mol. The van der Waals surface area contributed by atoms with Crippen molar-refractivity contribution >= 4 is 5.84 Å². The second-order valence-corrected chi connectivity index (χ2v) is 4.90. The van der Waals surface area contributed by atoms with Gasteiger partial charge in [0.25, 0.3) is 0 Å². The predicted molar refractivity (Wildman–Crippen MR) is 64.8 cm³/mol. The first kappa shape index (κ1) is 11.9. The Kier molecular flexibility index (Phi) is 3.05. The first-order valence-corrected chi connectivity index (χ1v) is 5.73. The third-order valence-corrected chi connectivity index (χ3v) is 3.21. The van der Waals surface area contributed by atoms with Crippen LogP contribution in [0.15, 0.2) is 18.2 Å². The second-order valence-electron chi connectivity index (χ2n) is 4.90. The molecule has 1 fully saturated rings. The molecule has 0 heterocycles. The van der Waals surface area contributed by atoms with E-state index in [1.807, 2.05) is 6.92 Å². The largest absolute Gasteiger partial charge is 0.493 e. The van der Waals surface area contributed by atoms with E-state index in [-0.39, 0.29) is 17.1 Å². The van der Waals surface area contributed by atoms with Crippen LogP contribution >= 0.6 is 0 Å². The molecule has 3 nitrogen and oxygen atoms in total. The standard InChI is InChI=1S/C13H17FN2O/c1-9-2-3-10(14)6-11(9)17-8-13(4-5-13)7-12(15)16/h2-3,6H,4-5,7-8H2,1H3,(H3,15,16). The zero-order chi connectivity index (χ0) is 12.5. The predicted octanol–water partition coefficient (Wildman–Crippen LogP) is 2.62. The van der Waals surface area contributed by atoms with Gasteiger partial charge < -0.3 is 10.5 Å². The lowest BCUT2D eigenvalue weighted by Gasteiger charge is -2.16. The normalized spacial score (nSPS) is 16.6. The molecule has 0 atom stereocenters. The molecule has 1 aliphatic rings. The topological polar surface area (TPSA) is 59.1 Å². The van der Waals surface area contributed by atoms with Crippen LogP contribution in [0.3, 0.4) is 0 Å². The van der Waals surface area contributed by atoms with Gasteiger partial charge in [-0.25, -0.2) is 4.39 Å². The van der Waals surface area contributed by atoms with Crippen LogP contribution in [-0.4, -0.2) is 12.4 Å². The monoisotopic (exact) mass is 236 g/mol. The highest BCUT2D eigenvalue weighted by molar-refractivity contribution is 5.78. The van der Waals surface area contributed by atoms with E-state index < -0.39 is 0 Å². The summed E-state index contributed by atoms with van der Waals surface area (Å²) in [5, 5.41) is 7.31. The van der Waals surface area contributed by atoms with Crippen molar-refractivity contribution in [3.05, 3.63) is 29.6 Å². The number of halogens is 1. The van der Waals surface area contributed by atoms with Gasteiger partial charge in [0, 0.05) is 17.9 Å². The van der Waals surface area contributed by atoms with Crippen molar-refractivity contribution in [3.63, 3.8) is 0 Å². The highest BCUT2D eigenvalue weighted by Gasteiger charge is 2.44. The highest BCUT2D eigenvalue weighted by Crippen LogP contribution is 2.49. The maximum atomic E-state index is 13.1. The van der Waals surface area contributed by atoms with Crippen LogP contribution < -0.4 is 10.5 Å². The molecule has 0 amide bonds. The fourth-order valence-corrected chi connectivity index (χ4v) is 1.91. The van der Waals surface area contributed by atoms with Gasteiger partial charge in [-0.05, 0) is 31.4 Å². The van der Waals surface area contributed by atoms with Crippen molar-refractivity contribution in [1.82, 2.24) is 0 Å². The van der Waals surface area contributed by atoms with Crippen LogP contribution in [0.5, 0.6) is 5.75 Å². The second kappa shape index (κ2) is 4.35. The van der Waals surface area contributed by atoms with Crippen LogP contribution in [0.25, 0.3) is 0 Å². The van der Waals surface area contributed by atoms with Gasteiger partial charge >= 0.3 is 0 Å². The maximum Gasteiger partial charge on any atom is 0.126 e. The molecule has 3 N–H and O–H groups in total. The van der Waals surface area contributed by atoms with Crippen LogP contribution in [0, 0.1) is 23.6 Å². The van der Waals surface area contributed by atoms with Gasteiger partial charge in [-0.3, -0.25) is 5.41 Å². The molecule has 0 radical (unpaired) electrons. The molecule has 0 saturated heterocycles. The summed E-state index contributed by atoms with van der Waals surface area (Å²) in [6, 6.07) is 4.53. The third kappa shape index (κ3) is 2.96. The van der Waals surface area contributed by atoms with Crippen LogP contribution in [0.4, 0.5) is 4.39 Å². The lowest BCUT2D eigenvalue weighted by molar-refractivity contribution is 0.236. The molecule has 17 heavy (non-hydrogen) atoms. The minimum Gasteiger partial charge on any atom is -0.493 e. The first-order chi connectivity index (χ1) is 8.01. The van der Waals surface area contributed by atoms with E-state index >= 15 is 0 Å². The average Bonchev–Trinajstić information content (AvgIpc) is 2.99. The highest BCUT2D eigenvalue weighted by atomic mass is 19.1. The smallest absolute Gasteiger partial charge is 0.126 e. The number of hydrogen-bond acceptors (Lipinski definition) is 2. The van der Waals surface area contributed by atoms with Gasteiger partial charge in [0.15, 0.2) is 0 Å². The molecule has 0 aromatic heterocycles. The fourth-order valence-electron chi connectivity index (χ4n) is 1.91. The number of aryl methyl sites for hydroxylation is 1. The molecule has 1 aromatic rings. The Hall–Kier alpha value is -1.58. The SMILES string of the molecule is Cc1ccc(F)cc1OCC1(CC(=N)N)CC1. The van der Waals surface area contributed by atoms with Crippen molar-refractivity contribution in [2.45, 2.75) is 26.2 Å². The van der Waals surface area contributed by atoms with E-state index in [9.17, 15) is 4.39 Å². The van der Waals surface area contributed by atoms with Gasteiger partial charge in [-0.15, -0.1) is 0 Å². The van der Waals surface area contributed by atoms with Crippen LogP contribution in [0.1, 0.15) is 24.8 Å². The Labute approximate surface area is 100 Å². The molecule has 0 aliphatic heterocycles. The van der Waals surface area contributed by atoms with E-state index in [4.69, 9.17) is 15.9 Å². The molecule has 1 aromatic carbocycles. The van der Waals surface area contributed by atoms with E-state index in [2.05, 4.69) is 0 Å². The molecule has 4 heteroatoms. The van der Waals surface area contributed by atoms with Crippen molar-refractivity contribution in [2.24, 2.45) is 11.1 Å². The lowest BCUT2D eigenvalue weighted by Crippen LogP contribution is -2.21. The Morgan fingerprint density at radius 2 is 2.24 bits per heavy atom. The van der Waals surface area contributed by atoms with E-state index in [0.29, 0.717) is 18.8 Å². The summed E-state index contributed by atoms with van der Waals surface area (Å²) in [6.07, 6.45) is 2.63. The summed E-state index contributed by atoms with van der Waals surface area (Å²) >= 11 is 0. The fraction of sp³-hybridized carbons (Fsp3) is 0.462. The minimum atomic E-state index is -0.290. The molecule has 1 aliphatic carbocycles. The van der Waals surface area contributed by atoms with E-state index in [1.54, 1.807) is 6.07 Å². The Morgan fingerprint density at radius 3 is 2.82 bits per heavy atom. The number of amidine groups is 1. The molecular formula is C13H17FN2O. The van der Waals surface area contributed by atoms with Crippen LogP contribution in [-0.2, 0) is 0 Å². The summed E-state index contributed by atoms with van der Waals surface area (Å²) in [6.45, 7) is 2.40. The van der Waals surface area contributed by atoms with Crippen molar-refractivity contribution < 1.29 is 9.13 Å². The Morgan fingerprint density at radius 1 is 1.53 bits per heavy atom. The van der Waals surface area contributed by atoms with Gasteiger partial charge in [-0.2, -0.15) is 0 Å². The Balaban J connectivity index is 1.98. The number of nitrogens with one attached hydrogen (secondary N) is 1. The summed E-state index contributed by atoms with van der Waals surface area (Å²) in [7, 11) is 0. The number of rotatable bonds is 5. The molecule has 0 unspecified atom stereocenters.